The number of para-hydroxylation sites is 1. The smallest absolute Gasteiger partial charge is 0.258 e. The van der Waals surface area contributed by atoms with Gasteiger partial charge >= 0.3 is 0 Å². The normalized spacial score (nSPS) is 10.4. The van der Waals surface area contributed by atoms with Crippen LogP contribution in [0.2, 0.25) is 0 Å². The Hall–Kier alpha value is -3.08. The van der Waals surface area contributed by atoms with Crippen molar-refractivity contribution in [3.8, 4) is 5.75 Å². The number of hydrogen-bond donors (Lipinski definition) is 0. The zero-order valence-electron chi connectivity index (χ0n) is 14.1. The zero-order chi connectivity index (χ0) is 17.5. The molecule has 25 heavy (non-hydrogen) atoms. The molecule has 2 aromatic heterocycles. The number of hydrogen-bond acceptors (Lipinski definition) is 4. The van der Waals surface area contributed by atoms with Crippen LogP contribution in [-0.2, 0) is 13.1 Å². The highest BCUT2D eigenvalue weighted by Gasteiger charge is 2.21. The van der Waals surface area contributed by atoms with E-state index in [2.05, 4.69) is 4.98 Å². The van der Waals surface area contributed by atoms with Gasteiger partial charge in [-0.05, 0) is 43.3 Å². The Labute approximate surface area is 146 Å². The van der Waals surface area contributed by atoms with Gasteiger partial charge in [0.15, 0.2) is 0 Å². The van der Waals surface area contributed by atoms with Crippen LogP contribution in [0.1, 0.15) is 28.7 Å². The third kappa shape index (κ3) is 4.26. The maximum atomic E-state index is 13.1. The molecule has 0 aliphatic heterocycles. The van der Waals surface area contributed by atoms with E-state index in [9.17, 15) is 4.79 Å². The molecule has 0 saturated carbocycles. The first-order chi connectivity index (χ1) is 12.3. The maximum Gasteiger partial charge on any atom is 0.258 e. The number of pyridine rings is 1. The summed E-state index contributed by atoms with van der Waals surface area (Å²) < 4.78 is 11.0. The molecule has 0 radical (unpaired) electrons. The first-order valence-electron chi connectivity index (χ1n) is 8.21. The standard InChI is InChI=1S/C20H20N2O3/c1-2-24-19-11-4-3-10-18(19)20(23)22(15-17-9-7-13-25-17)14-16-8-5-6-12-21-16/h3-13H,2,14-15H2,1H3. The van der Waals surface area contributed by atoms with E-state index in [0.29, 0.717) is 31.0 Å². The van der Waals surface area contributed by atoms with E-state index < -0.39 is 0 Å². The minimum absolute atomic E-state index is 0.119. The molecule has 0 aliphatic rings. The Balaban J connectivity index is 1.89. The summed E-state index contributed by atoms with van der Waals surface area (Å²) in [6.07, 6.45) is 3.33. The molecule has 1 amide bonds. The molecular weight excluding hydrogens is 316 g/mol. The van der Waals surface area contributed by atoms with Crippen LogP contribution in [0.25, 0.3) is 0 Å². The number of nitrogens with zero attached hydrogens (tertiary/aromatic N) is 2. The third-order valence-electron chi connectivity index (χ3n) is 3.71. The van der Waals surface area contributed by atoms with E-state index in [1.165, 1.54) is 0 Å². The predicted molar refractivity (Wildman–Crippen MR) is 94.1 cm³/mol. The van der Waals surface area contributed by atoms with Crippen molar-refractivity contribution in [1.29, 1.82) is 0 Å². The van der Waals surface area contributed by atoms with Crippen molar-refractivity contribution in [2.45, 2.75) is 20.0 Å². The van der Waals surface area contributed by atoms with Gasteiger partial charge in [-0.2, -0.15) is 0 Å². The number of furan rings is 1. The summed E-state index contributed by atoms with van der Waals surface area (Å²) >= 11 is 0. The Bertz CT molecular complexity index is 801. The van der Waals surface area contributed by atoms with Gasteiger partial charge in [-0.1, -0.05) is 18.2 Å². The van der Waals surface area contributed by atoms with Gasteiger partial charge in [0.1, 0.15) is 11.5 Å². The van der Waals surface area contributed by atoms with E-state index in [1.807, 2.05) is 55.5 Å². The lowest BCUT2D eigenvalue weighted by Crippen LogP contribution is -2.30. The van der Waals surface area contributed by atoms with Crippen molar-refractivity contribution in [3.05, 3.63) is 84.1 Å². The van der Waals surface area contributed by atoms with Gasteiger partial charge in [0.25, 0.3) is 5.91 Å². The second kappa shape index (κ2) is 8.15. The molecule has 0 bridgehead atoms. The lowest BCUT2D eigenvalue weighted by atomic mass is 10.1. The molecule has 0 unspecified atom stereocenters. The molecule has 0 fully saturated rings. The zero-order valence-corrected chi connectivity index (χ0v) is 14.1. The van der Waals surface area contributed by atoms with Crippen LogP contribution in [0.3, 0.4) is 0 Å². The number of benzene rings is 1. The van der Waals surface area contributed by atoms with E-state index in [1.54, 1.807) is 23.4 Å². The van der Waals surface area contributed by atoms with E-state index in [-0.39, 0.29) is 5.91 Å². The molecule has 0 atom stereocenters. The molecule has 0 saturated heterocycles. The topological polar surface area (TPSA) is 55.6 Å². The van der Waals surface area contributed by atoms with Gasteiger partial charge in [-0.3, -0.25) is 9.78 Å². The van der Waals surface area contributed by atoms with Crippen molar-refractivity contribution < 1.29 is 13.9 Å². The van der Waals surface area contributed by atoms with E-state index >= 15 is 0 Å². The van der Waals surface area contributed by atoms with Gasteiger partial charge in [0, 0.05) is 6.20 Å². The van der Waals surface area contributed by atoms with Crippen LogP contribution in [0, 0.1) is 0 Å². The summed E-state index contributed by atoms with van der Waals surface area (Å²) in [6, 6.07) is 16.6. The average Bonchev–Trinajstić information content (AvgIpc) is 3.15. The maximum absolute atomic E-state index is 13.1. The van der Waals surface area contributed by atoms with Crippen LogP contribution in [0.15, 0.2) is 71.5 Å². The summed E-state index contributed by atoms with van der Waals surface area (Å²) in [5, 5.41) is 0. The van der Waals surface area contributed by atoms with Gasteiger partial charge in [-0.25, -0.2) is 0 Å². The highest BCUT2D eigenvalue weighted by atomic mass is 16.5. The summed E-state index contributed by atoms with van der Waals surface area (Å²) in [4.78, 5) is 19.2. The number of amides is 1. The van der Waals surface area contributed by atoms with Gasteiger partial charge in [0.2, 0.25) is 0 Å². The summed E-state index contributed by atoms with van der Waals surface area (Å²) in [6.45, 7) is 3.15. The van der Waals surface area contributed by atoms with Gasteiger partial charge in [-0.15, -0.1) is 0 Å². The first kappa shape index (κ1) is 16.8. The van der Waals surface area contributed by atoms with Crippen molar-refractivity contribution in [2.24, 2.45) is 0 Å². The highest BCUT2D eigenvalue weighted by Crippen LogP contribution is 2.22. The monoisotopic (exact) mass is 336 g/mol. The highest BCUT2D eigenvalue weighted by molar-refractivity contribution is 5.96. The van der Waals surface area contributed by atoms with Crippen molar-refractivity contribution in [3.63, 3.8) is 0 Å². The van der Waals surface area contributed by atoms with Crippen molar-refractivity contribution in [2.75, 3.05) is 6.61 Å². The number of carbonyl (C=O) groups excluding carboxylic acids is 1. The van der Waals surface area contributed by atoms with Crippen molar-refractivity contribution >= 4 is 5.91 Å². The van der Waals surface area contributed by atoms with Crippen LogP contribution in [0.4, 0.5) is 0 Å². The number of rotatable bonds is 7. The molecule has 5 nitrogen and oxygen atoms in total. The molecule has 3 aromatic rings. The minimum Gasteiger partial charge on any atom is -0.493 e. The van der Waals surface area contributed by atoms with Gasteiger partial charge < -0.3 is 14.1 Å². The summed E-state index contributed by atoms with van der Waals surface area (Å²) in [5.74, 6) is 1.18. The quantitative estimate of drug-likeness (QED) is 0.656. The SMILES string of the molecule is CCOc1ccccc1C(=O)N(Cc1ccccn1)Cc1ccco1. The molecule has 5 heteroatoms. The van der Waals surface area contributed by atoms with Crippen LogP contribution in [0.5, 0.6) is 5.75 Å². The Morgan fingerprint density at radius 1 is 1.08 bits per heavy atom. The fraction of sp³-hybridized carbons (Fsp3) is 0.200. The second-order valence-corrected chi connectivity index (χ2v) is 5.49. The second-order valence-electron chi connectivity index (χ2n) is 5.49. The summed E-state index contributed by atoms with van der Waals surface area (Å²) in [7, 11) is 0. The molecule has 1 aromatic carbocycles. The van der Waals surface area contributed by atoms with E-state index in [0.717, 1.165) is 11.5 Å². The predicted octanol–water partition coefficient (Wildman–Crippen LogP) is 3.92. The lowest BCUT2D eigenvalue weighted by molar-refractivity contribution is 0.0711. The molecular formula is C20H20N2O3. The largest absolute Gasteiger partial charge is 0.493 e. The Morgan fingerprint density at radius 2 is 1.92 bits per heavy atom. The fourth-order valence-corrected chi connectivity index (χ4v) is 2.57. The Morgan fingerprint density at radius 3 is 2.64 bits per heavy atom. The average molecular weight is 336 g/mol. The summed E-state index contributed by atoms with van der Waals surface area (Å²) in [5.41, 5.74) is 1.35. The minimum atomic E-state index is -0.119. The first-order valence-corrected chi connectivity index (χ1v) is 8.21. The van der Waals surface area contributed by atoms with E-state index in [4.69, 9.17) is 9.15 Å². The third-order valence-corrected chi connectivity index (χ3v) is 3.71. The molecule has 0 aliphatic carbocycles. The lowest BCUT2D eigenvalue weighted by Gasteiger charge is -2.22. The van der Waals surface area contributed by atoms with Crippen LogP contribution < -0.4 is 4.74 Å². The number of aromatic nitrogens is 1. The number of carbonyl (C=O) groups is 1. The van der Waals surface area contributed by atoms with Gasteiger partial charge in [0.05, 0.1) is 37.2 Å². The molecule has 0 N–H and O–H groups in total. The molecule has 128 valence electrons. The van der Waals surface area contributed by atoms with Crippen LogP contribution in [-0.4, -0.2) is 22.4 Å². The van der Waals surface area contributed by atoms with Crippen LogP contribution >= 0.6 is 0 Å². The fourth-order valence-electron chi connectivity index (χ4n) is 2.57. The van der Waals surface area contributed by atoms with Crippen molar-refractivity contribution in [1.82, 2.24) is 9.88 Å². The molecule has 3 rings (SSSR count). The molecule has 0 spiro atoms. The Kier molecular flexibility index (Phi) is 5.46. The number of ether oxygens (including phenoxy) is 1. The molecule has 2 heterocycles.